The fourth-order valence-electron chi connectivity index (χ4n) is 3.27. The Hall–Kier alpha value is -3.20. The number of sulfonamides is 1. The Morgan fingerprint density at radius 3 is 2.45 bits per heavy atom. The predicted molar refractivity (Wildman–Crippen MR) is 118 cm³/mol. The third-order valence-corrected chi connectivity index (χ3v) is 6.39. The molecule has 4 aromatic rings. The van der Waals surface area contributed by atoms with Crippen LogP contribution in [-0.2, 0) is 16.6 Å². The van der Waals surface area contributed by atoms with Crippen molar-refractivity contribution in [3.8, 4) is 11.1 Å². The van der Waals surface area contributed by atoms with Crippen molar-refractivity contribution < 1.29 is 12.8 Å². The van der Waals surface area contributed by atoms with Crippen LogP contribution in [0.15, 0.2) is 84.1 Å². The van der Waals surface area contributed by atoms with E-state index in [-0.39, 0.29) is 11.4 Å². The van der Waals surface area contributed by atoms with E-state index in [9.17, 15) is 12.8 Å². The maximum atomic E-state index is 12.9. The van der Waals surface area contributed by atoms with Crippen LogP contribution in [0.4, 0.5) is 4.39 Å². The molecular weight excluding hydrogens is 415 g/mol. The summed E-state index contributed by atoms with van der Waals surface area (Å²) in [6.45, 7) is 1.35. The number of pyridine rings is 2. The number of aromatic nitrogens is 2. The molecule has 6 nitrogen and oxygen atoms in total. The Labute approximate surface area is 180 Å². The molecule has 2 N–H and O–H groups in total. The minimum absolute atomic E-state index is 0.248. The number of nitrogens with one attached hydrogen (secondary N) is 2. The smallest absolute Gasteiger partial charge is 0.241 e. The van der Waals surface area contributed by atoms with Crippen LogP contribution in [0.3, 0.4) is 0 Å². The van der Waals surface area contributed by atoms with E-state index in [1.165, 1.54) is 12.3 Å². The molecule has 8 heteroatoms. The van der Waals surface area contributed by atoms with Gasteiger partial charge in [-0.3, -0.25) is 4.98 Å². The van der Waals surface area contributed by atoms with E-state index in [4.69, 9.17) is 0 Å². The standard InChI is InChI=1S/C23H21FN4O2S/c24-23-9-8-19(16-27-23)18-6-4-17(5-7-18)14-26-12-13-28-31(29,30)22-3-1-2-20-15-25-11-10-21(20)22/h1-11,15-16,26,28H,12-14H2. The monoisotopic (exact) mass is 436 g/mol. The highest BCUT2D eigenvalue weighted by atomic mass is 32.2. The first-order valence-corrected chi connectivity index (χ1v) is 11.3. The van der Waals surface area contributed by atoms with Gasteiger partial charge in [-0.1, -0.05) is 36.4 Å². The Morgan fingerprint density at radius 1 is 0.871 bits per heavy atom. The van der Waals surface area contributed by atoms with Gasteiger partial charge in [-0.25, -0.2) is 18.1 Å². The van der Waals surface area contributed by atoms with Crippen LogP contribution in [0.5, 0.6) is 0 Å². The molecule has 0 fully saturated rings. The highest BCUT2D eigenvalue weighted by molar-refractivity contribution is 7.89. The van der Waals surface area contributed by atoms with Crippen LogP contribution < -0.4 is 10.0 Å². The van der Waals surface area contributed by atoms with Gasteiger partial charge in [0.15, 0.2) is 0 Å². The zero-order valence-electron chi connectivity index (χ0n) is 16.6. The van der Waals surface area contributed by atoms with Gasteiger partial charge in [0.25, 0.3) is 0 Å². The summed E-state index contributed by atoms with van der Waals surface area (Å²) in [7, 11) is -3.62. The fourth-order valence-corrected chi connectivity index (χ4v) is 4.53. The predicted octanol–water partition coefficient (Wildman–Crippen LogP) is 3.50. The Morgan fingerprint density at radius 2 is 1.68 bits per heavy atom. The summed E-state index contributed by atoms with van der Waals surface area (Å²) in [5, 5.41) is 4.66. The number of benzene rings is 2. The van der Waals surface area contributed by atoms with E-state index in [1.807, 2.05) is 30.3 Å². The molecule has 2 aromatic carbocycles. The Balaban J connectivity index is 1.29. The Kier molecular flexibility index (Phi) is 6.31. The number of hydrogen-bond acceptors (Lipinski definition) is 5. The molecule has 0 saturated carbocycles. The second-order valence-corrected chi connectivity index (χ2v) is 8.73. The van der Waals surface area contributed by atoms with Crippen molar-refractivity contribution in [1.82, 2.24) is 20.0 Å². The maximum absolute atomic E-state index is 12.9. The van der Waals surface area contributed by atoms with Crippen LogP contribution in [0.1, 0.15) is 5.56 Å². The van der Waals surface area contributed by atoms with Gasteiger partial charge >= 0.3 is 0 Å². The average Bonchev–Trinajstić information content (AvgIpc) is 2.79. The largest absolute Gasteiger partial charge is 0.311 e. The molecule has 158 valence electrons. The molecule has 2 aromatic heterocycles. The lowest BCUT2D eigenvalue weighted by Crippen LogP contribution is -2.31. The van der Waals surface area contributed by atoms with Crippen molar-refractivity contribution in [2.75, 3.05) is 13.1 Å². The van der Waals surface area contributed by atoms with Gasteiger partial charge in [0.1, 0.15) is 0 Å². The van der Waals surface area contributed by atoms with Crippen LogP contribution in [0.25, 0.3) is 21.9 Å². The van der Waals surface area contributed by atoms with E-state index in [1.54, 1.807) is 36.7 Å². The molecule has 0 bridgehead atoms. The molecule has 0 aliphatic rings. The number of fused-ring (bicyclic) bond motifs is 1. The van der Waals surface area contributed by atoms with Gasteiger partial charge in [-0.2, -0.15) is 4.39 Å². The molecule has 0 radical (unpaired) electrons. The lowest BCUT2D eigenvalue weighted by atomic mass is 10.1. The van der Waals surface area contributed by atoms with Gasteiger partial charge in [0.2, 0.25) is 16.0 Å². The van der Waals surface area contributed by atoms with Crippen LogP contribution in [0, 0.1) is 5.95 Å². The summed E-state index contributed by atoms with van der Waals surface area (Å²) in [5.74, 6) is -0.502. The minimum Gasteiger partial charge on any atom is -0.311 e. The van der Waals surface area contributed by atoms with E-state index in [0.29, 0.717) is 18.5 Å². The van der Waals surface area contributed by atoms with Gasteiger partial charge in [0.05, 0.1) is 4.90 Å². The van der Waals surface area contributed by atoms with Crippen LogP contribution in [-0.4, -0.2) is 31.5 Å². The van der Waals surface area contributed by atoms with E-state index >= 15 is 0 Å². The summed E-state index contributed by atoms with van der Waals surface area (Å²) in [6.07, 6.45) is 4.73. The summed E-state index contributed by atoms with van der Waals surface area (Å²) in [5.41, 5.74) is 2.86. The van der Waals surface area contributed by atoms with Crippen molar-refractivity contribution >= 4 is 20.8 Å². The normalized spacial score (nSPS) is 11.6. The zero-order valence-corrected chi connectivity index (χ0v) is 17.4. The van der Waals surface area contributed by atoms with Crippen LogP contribution in [0.2, 0.25) is 0 Å². The average molecular weight is 437 g/mol. The second kappa shape index (κ2) is 9.30. The van der Waals surface area contributed by atoms with Gasteiger partial charge in [-0.15, -0.1) is 0 Å². The van der Waals surface area contributed by atoms with Crippen LogP contribution >= 0.6 is 0 Å². The number of rotatable bonds is 8. The van der Waals surface area contributed by atoms with Gasteiger partial charge in [-0.05, 0) is 35.4 Å². The molecule has 2 heterocycles. The molecule has 0 unspecified atom stereocenters. The first-order valence-electron chi connectivity index (χ1n) is 9.77. The van der Waals surface area contributed by atoms with Gasteiger partial charge in [0, 0.05) is 54.6 Å². The third kappa shape index (κ3) is 5.11. The molecule has 0 aliphatic heterocycles. The SMILES string of the molecule is O=S(=O)(NCCNCc1ccc(-c2ccc(F)nc2)cc1)c1cccc2cnccc12. The third-order valence-electron chi connectivity index (χ3n) is 4.87. The summed E-state index contributed by atoms with van der Waals surface area (Å²) in [4.78, 5) is 7.95. The van der Waals surface area contributed by atoms with Gasteiger partial charge < -0.3 is 5.32 Å². The fraction of sp³-hybridized carbons (Fsp3) is 0.130. The quantitative estimate of drug-likeness (QED) is 0.326. The molecule has 0 spiro atoms. The minimum atomic E-state index is -3.62. The summed E-state index contributed by atoms with van der Waals surface area (Å²) >= 11 is 0. The number of nitrogens with zero attached hydrogens (tertiary/aromatic N) is 2. The molecule has 0 amide bonds. The van der Waals surface area contributed by atoms with Crippen molar-refractivity contribution in [3.63, 3.8) is 0 Å². The molecule has 4 rings (SSSR count). The number of halogens is 1. The van der Waals surface area contributed by atoms with Crippen molar-refractivity contribution in [3.05, 3.63) is 90.8 Å². The molecular formula is C23H21FN4O2S. The highest BCUT2D eigenvalue weighted by Gasteiger charge is 2.16. The van der Waals surface area contributed by atoms with E-state index in [0.717, 1.165) is 22.1 Å². The van der Waals surface area contributed by atoms with Crippen molar-refractivity contribution in [2.45, 2.75) is 11.4 Å². The van der Waals surface area contributed by atoms with Crippen molar-refractivity contribution in [2.24, 2.45) is 0 Å². The maximum Gasteiger partial charge on any atom is 0.241 e. The van der Waals surface area contributed by atoms with E-state index in [2.05, 4.69) is 20.0 Å². The van der Waals surface area contributed by atoms with E-state index < -0.39 is 16.0 Å². The first-order chi connectivity index (χ1) is 15.0. The summed E-state index contributed by atoms with van der Waals surface area (Å²) in [6, 6.07) is 17.7. The molecule has 0 atom stereocenters. The first kappa shape index (κ1) is 21.0. The molecule has 0 aliphatic carbocycles. The molecule has 0 saturated heterocycles. The topological polar surface area (TPSA) is 84.0 Å². The zero-order chi connectivity index (χ0) is 21.7. The second-order valence-electron chi connectivity index (χ2n) is 6.99. The summed E-state index contributed by atoms with van der Waals surface area (Å²) < 4.78 is 41.0. The van der Waals surface area contributed by atoms with Crippen molar-refractivity contribution in [1.29, 1.82) is 0 Å². The lowest BCUT2D eigenvalue weighted by Gasteiger charge is -2.10. The number of hydrogen-bond donors (Lipinski definition) is 2. The highest BCUT2D eigenvalue weighted by Crippen LogP contribution is 2.22. The lowest BCUT2D eigenvalue weighted by molar-refractivity contribution is 0.576. The Bertz CT molecular complexity index is 1270. The molecule has 31 heavy (non-hydrogen) atoms.